The van der Waals surface area contributed by atoms with Crippen molar-refractivity contribution < 1.29 is 13.2 Å². The number of rotatable bonds is 8. The van der Waals surface area contributed by atoms with E-state index in [0.29, 0.717) is 12.8 Å². The van der Waals surface area contributed by atoms with Gasteiger partial charge < -0.3 is 4.74 Å². The predicted molar refractivity (Wildman–Crippen MR) is 84.3 cm³/mol. The quantitative estimate of drug-likeness (QED) is 0.545. The van der Waals surface area contributed by atoms with E-state index >= 15 is 0 Å². The van der Waals surface area contributed by atoms with Gasteiger partial charge in [-0.15, -0.1) is 0 Å². The zero-order valence-corrected chi connectivity index (χ0v) is 14.1. The SMILES string of the molecule is CCS(=O)(=O)CCCC(NN)c1ccc(OC)c(Br)c1. The summed E-state index contributed by atoms with van der Waals surface area (Å²) in [5.41, 5.74) is 3.73. The van der Waals surface area contributed by atoms with Crippen LogP contribution in [0.4, 0.5) is 0 Å². The normalized spacial score (nSPS) is 13.2. The summed E-state index contributed by atoms with van der Waals surface area (Å²) in [4.78, 5) is 0. The molecule has 0 saturated heterocycles. The molecule has 0 radical (unpaired) electrons. The number of halogens is 1. The summed E-state index contributed by atoms with van der Waals surface area (Å²) in [7, 11) is -1.32. The summed E-state index contributed by atoms with van der Waals surface area (Å²) < 4.78 is 29.0. The van der Waals surface area contributed by atoms with Crippen LogP contribution >= 0.6 is 15.9 Å². The van der Waals surface area contributed by atoms with E-state index < -0.39 is 9.84 Å². The van der Waals surface area contributed by atoms with Gasteiger partial charge in [0.25, 0.3) is 0 Å². The summed E-state index contributed by atoms with van der Waals surface area (Å²) in [6.07, 6.45) is 1.24. The predicted octanol–water partition coefficient (Wildman–Crippen LogP) is 2.18. The van der Waals surface area contributed by atoms with Crippen molar-refractivity contribution in [1.29, 1.82) is 0 Å². The largest absolute Gasteiger partial charge is 0.496 e. The lowest BCUT2D eigenvalue weighted by atomic mass is 10.0. The Balaban J connectivity index is 2.69. The minimum Gasteiger partial charge on any atom is -0.496 e. The molecule has 1 atom stereocenters. The van der Waals surface area contributed by atoms with Crippen LogP contribution in [0.5, 0.6) is 5.75 Å². The van der Waals surface area contributed by atoms with E-state index in [4.69, 9.17) is 10.6 Å². The van der Waals surface area contributed by atoms with E-state index in [9.17, 15) is 8.42 Å². The van der Waals surface area contributed by atoms with Crippen molar-refractivity contribution in [3.05, 3.63) is 28.2 Å². The summed E-state index contributed by atoms with van der Waals surface area (Å²) >= 11 is 3.43. The van der Waals surface area contributed by atoms with Crippen LogP contribution in [0.3, 0.4) is 0 Å². The number of nitrogens with two attached hydrogens (primary N) is 1. The molecule has 1 aromatic rings. The minimum absolute atomic E-state index is 0.0794. The van der Waals surface area contributed by atoms with Crippen LogP contribution in [-0.2, 0) is 9.84 Å². The highest BCUT2D eigenvalue weighted by molar-refractivity contribution is 9.10. The molecule has 0 spiro atoms. The van der Waals surface area contributed by atoms with Crippen LogP contribution in [0.1, 0.15) is 31.4 Å². The maximum absolute atomic E-state index is 11.5. The average Bonchev–Trinajstić information content (AvgIpc) is 2.43. The second kappa shape index (κ2) is 7.97. The molecule has 0 amide bonds. The van der Waals surface area contributed by atoms with Crippen molar-refractivity contribution in [2.45, 2.75) is 25.8 Å². The van der Waals surface area contributed by atoms with E-state index in [0.717, 1.165) is 15.8 Å². The number of sulfone groups is 1. The van der Waals surface area contributed by atoms with Crippen LogP contribution in [0.15, 0.2) is 22.7 Å². The number of methoxy groups -OCH3 is 1. The molecule has 1 rings (SSSR count). The fourth-order valence-electron chi connectivity index (χ4n) is 1.90. The van der Waals surface area contributed by atoms with Gasteiger partial charge in [0.2, 0.25) is 0 Å². The molecule has 0 saturated carbocycles. The Bertz CT molecular complexity index is 534. The molecule has 1 aromatic carbocycles. The first-order chi connectivity index (χ1) is 9.43. The number of hydrazine groups is 1. The van der Waals surface area contributed by atoms with Gasteiger partial charge in [-0.1, -0.05) is 13.0 Å². The van der Waals surface area contributed by atoms with Crippen LogP contribution in [0.25, 0.3) is 0 Å². The molecule has 0 bridgehead atoms. The van der Waals surface area contributed by atoms with E-state index in [2.05, 4.69) is 21.4 Å². The molecule has 0 aliphatic carbocycles. The Morgan fingerprint density at radius 2 is 2.15 bits per heavy atom. The Morgan fingerprint density at radius 1 is 1.45 bits per heavy atom. The number of hydrogen-bond acceptors (Lipinski definition) is 5. The zero-order valence-electron chi connectivity index (χ0n) is 11.7. The topological polar surface area (TPSA) is 81.4 Å². The van der Waals surface area contributed by atoms with E-state index in [1.807, 2.05) is 18.2 Å². The third kappa shape index (κ3) is 5.05. The smallest absolute Gasteiger partial charge is 0.150 e. The minimum atomic E-state index is -2.92. The van der Waals surface area contributed by atoms with Crippen LogP contribution < -0.4 is 16.0 Å². The molecule has 0 aliphatic rings. The average molecular weight is 365 g/mol. The third-order valence-electron chi connectivity index (χ3n) is 3.17. The molecule has 0 heterocycles. The van der Waals surface area contributed by atoms with Crippen LogP contribution in [0.2, 0.25) is 0 Å². The highest BCUT2D eigenvalue weighted by atomic mass is 79.9. The number of ether oxygens (including phenoxy) is 1. The van der Waals surface area contributed by atoms with Gasteiger partial charge in [-0.2, -0.15) is 0 Å². The fraction of sp³-hybridized carbons (Fsp3) is 0.538. The van der Waals surface area contributed by atoms with Crippen molar-refractivity contribution in [1.82, 2.24) is 5.43 Å². The van der Waals surface area contributed by atoms with Gasteiger partial charge in [-0.05, 0) is 46.5 Å². The van der Waals surface area contributed by atoms with E-state index in [1.54, 1.807) is 14.0 Å². The monoisotopic (exact) mass is 364 g/mol. The first-order valence-electron chi connectivity index (χ1n) is 6.43. The van der Waals surface area contributed by atoms with Crippen molar-refractivity contribution >= 4 is 25.8 Å². The van der Waals surface area contributed by atoms with Gasteiger partial charge in [0.05, 0.1) is 17.3 Å². The van der Waals surface area contributed by atoms with Crippen molar-refractivity contribution in [3.63, 3.8) is 0 Å². The van der Waals surface area contributed by atoms with Gasteiger partial charge in [0.1, 0.15) is 15.6 Å². The molecule has 0 aliphatic heterocycles. The lowest BCUT2D eigenvalue weighted by molar-refractivity contribution is 0.411. The molecule has 114 valence electrons. The highest BCUT2D eigenvalue weighted by Gasteiger charge is 2.14. The molecule has 1 unspecified atom stereocenters. The third-order valence-corrected chi connectivity index (χ3v) is 5.58. The maximum atomic E-state index is 11.5. The van der Waals surface area contributed by atoms with Crippen molar-refractivity contribution in [2.24, 2.45) is 5.84 Å². The standard InChI is InChI=1S/C13H21BrN2O3S/c1-3-20(17,18)8-4-5-12(16-15)10-6-7-13(19-2)11(14)9-10/h6-7,9,12,16H,3-5,8,15H2,1-2H3. The zero-order chi connectivity index (χ0) is 15.2. The summed E-state index contributed by atoms with van der Waals surface area (Å²) in [5, 5.41) is 0. The molecular formula is C13H21BrN2O3S. The van der Waals surface area contributed by atoms with Crippen LogP contribution in [0, 0.1) is 0 Å². The van der Waals surface area contributed by atoms with Gasteiger partial charge >= 0.3 is 0 Å². The van der Waals surface area contributed by atoms with Gasteiger partial charge in [0, 0.05) is 11.8 Å². The number of benzene rings is 1. The lowest BCUT2D eigenvalue weighted by Crippen LogP contribution is -2.28. The molecule has 7 heteroatoms. The molecule has 0 fully saturated rings. The molecular weight excluding hydrogens is 344 g/mol. The Hall–Kier alpha value is -0.630. The summed E-state index contributed by atoms with van der Waals surface area (Å²) in [6.45, 7) is 1.66. The Kier molecular flexibility index (Phi) is 6.94. The molecule has 5 nitrogen and oxygen atoms in total. The second-order valence-electron chi connectivity index (χ2n) is 4.49. The Labute approximate surface area is 128 Å². The highest BCUT2D eigenvalue weighted by Crippen LogP contribution is 2.29. The molecule has 0 aromatic heterocycles. The molecule has 3 N–H and O–H groups in total. The van der Waals surface area contributed by atoms with Crippen molar-refractivity contribution in [2.75, 3.05) is 18.6 Å². The first kappa shape index (κ1) is 17.4. The number of hydrogen-bond donors (Lipinski definition) is 2. The van der Waals surface area contributed by atoms with E-state index in [-0.39, 0.29) is 17.5 Å². The number of nitrogens with one attached hydrogen (secondary N) is 1. The van der Waals surface area contributed by atoms with Gasteiger partial charge in [0.15, 0.2) is 0 Å². The van der Waals surface area contributed by atoms with Gasteiger partial charge in [-0.3, -0.25) is 11.3 Å². The molecule has 20 heavy (non-hydrogen) atoms. The fourth-order valence-corrected chi connectivity index (χ4v) is 3.35. The van der Waals surface area contributed by atoms with Gasteiger partial charge in [-0.25, -0.2) is 8.42 Å². The van der Waals surface area contributed by atoms with Crippen LogP contribution in [-0.4, -0.2) is 27.0 Å². The maximum Gasteiger partial charge on any atom is 0.150 e. The Morgan fingerprint density at radius 3 is 2.65 bits per heavy atom. The van der Waals surface area contributed by atoms with Crippen molar-refractivity contribution in [3.8, 4) is 5.75 Å². The first-order valence-corrected chi connectivity index (χ1v) is 9.05. The summed E-state index contributed by atoms with van der Waals surface area (Å²) in [5.74, 6) is 6.69. The lowest BCUT2D eigenvalue weighted by Gasteiger charge is -2.17. The van der Waals surface area contributed by atoms with E-state index in [1.165, 1.54) is 0 Å². The summed E-state index contributed by atoms with van der Waals surface area (Å²) in [6, 6.07) is 5.62. The second-order valence-corrected chi connectivity index (χ2v) is 7.82.